The monoisotopic (exact) mass is 520 g/mol. The standard InChI is InChI=1S/C21H15Br2FN2OS/c22-15-5-1-14(2-6-15)11-26-18(9-19-20(26)17(23)12-28-19)21(27)25-10-13-3-7-16(24)8-4-13/h1-9,12H,10-11H2,(H,25,27). The second-order valence-corrected chi connectivity index (χ2v) is 9.03. The van der Waals surface area contributed by atoms with Crippen molar-refractivity contribution in [3.63, 3.8) is 0 Å². The summed E-state index contributed by atoms with van der Waals surface area (Å²) in [5.74, 6) is -0.444. The van der Waals surface area contributed by atoms with Crippen molar-refractivity contribution in [2.24, 2.45) is 0 Å². The van der Waals surface area contributed by atoms with Gasteiger partial charge in [-0.25, -0.2) is 4.39 Å². The summed E-state index contributed by atoms with van der Waals surface area (Å²) >= 11 is 8.65. The van der Waals surface area contributed by atoms with Crippen molar-refractivity contribution in [1.29, 1.82) is 0 Å². The lowest BCUT2D eigenvalue weighted by molar-refractivity contribution is 0.0942. The summed E-state index contributed by atoms with van der Waals surface area (Å²) in [4.78, 5) is 12.9. The first-order valence-corrected chi connectivity index (χ1v) is 11.0. The van der Waals surface area contributed by atoms with Crippen molar-refractivity contribution in [1.82, 2.24) is 9.88 Å². The van der Waals surface area contributed by atoms with E-state index in [-0.39, 0.29) is 11.7 Å². The quantitative estimate of drug-likeness (QED) is 0.326. The minimum Gasteiger partial charge on any atom is -0.347 e. The summed E-state index contributed by atoms with van der Waals surface area (Å²) in [5, 5.41) is 4.97. The lowest BCUT2D eigenvalue weighted by Gasteiger charge is -2.12. The molecule has 2 aromatic heterocycles. The Hall–Kier alpha value is -1.96. The van der Waals surface area contributed by atoms with Gasteiger partial charge in [-0.1, -0.05) is 40.2 Å². The Morgan fingerprint density at radius 1 is 1.04 bits per heavy atom. The Morgan fingerprint density at radius 2 is 1.71 bits per heavy atom. The van der Waals surface area contributed by atoms with Crippen LogP contribution in [0.4, 0.5) is 4.39 Å². The van der Waals surface area contributed by atoms with Gasteiger partial charge in [-0.2, -0.15) is 0 Å². The summed E-state index contributed by atoms with van der Waals surface area (Å²) in [7, 11) is 0. The average molecular weight is 522 g/mol. The first-order chi connectivity index (χ1) is 13.5. The summed E-state index contributed by atoms with van der Waals surface area (Å²) in [6, 6.07) is 16.1. The van der Waals surface area contributed by atoms with E-state index in [1.165, 1.54) is 12.1 Å². The number of nitrogens with zero attached hydrogens (tertiary/aromatic N) is 1. The maximum absolute atomic E-state index is 13.1. The predicted molar refractivity (Wildman–Crippen MR) is 118 cm³/mol. The van der Waals surface area contributed by atoms with Gasteiger partial charge in [0.25, 0.3) is 5.91 Å². The van der Waals surface area contributed by atoms with Crippen LogP contribution in [0.25, 0.3) is 10.2 Å². The van der Waals surface area contributed by atoms with Crippen LogP contribution in [0.5, 0.6) is 0 Å². The molecule has 0 aliphatic heterocycles. The molecule has 0 aliphatic carbocycles. The summed E-state index contributed by atoms with van der Waals surface area (Å²) in [6.45, 7) is 0.933. The van der Waals surface area contributed by atoms with Gasteiger partial charge in [0.2, 0.25) is 0 Å². The highest BCUT2D eigenvalue weighted by Gasteiger charge is 2.19. The number of hydrogen-bond donors (Lipinski definition) is 1. The molecule has 0 aliphatic rings. The highest BCUT2D eigenvalue weighted by Crippen LogP contribution is 2.34. The van der Waals surface area contributed by atoms with Crippen LogP contribution >= 0.6 is 43.2 Å². The third-order valence-electron chi connectivity index (χ3n) is 4.43. The summed E-state index contributed by atoms with van der Waals surface area (Å²) in [5.41, 5.74) is 3.57. The molecule has 0 radical (unpaired) electrons. The van der Waals surface area contributed by atoms with Gasteiger partial charge in [0.1, 0.15) is 11.5 Å². The van der Waals surface area contributed by atoms with Crippen LogP contribution in [0.15, 0.2) is 68.9 Å². The van der Waals surface area contributed by atoms with Crippen LogP contribution in [0.2, 0.25) is 0 Å². The molecule has 3 nitrogen and oxygen atoms in total. The fraction of sp³-hybridized carbons (Fsp3) is 0.0952. The molecule has 142 valence electrons. The van der Waals surface area contributed by atoms with Crippen molar-refractivity contribution in [2.45, 2.75) is 13.1 Å². The van der Waals surface area contributed by atoms with Crippen molar-refractivity contribution < 1.29 is 9.18 Å². The number of rotatable bonds is 5. The van der Waals surface area contributed by atoms with Gasteiger partial charge in [-0.05, 0) is 57.4 Å². The average Bonchev–Trinajstić information content (AvgIpc) is 3.23. The number of benzene rings is 2. The molecule has 0 saturated carbocycles. The zero-order valence-corrected chi connectivity index (χ0v) is 18.6. The van der Waals surface area contributed by atoms with Gasteiger partial charge in [0.15, 0.2) is 0 Å². The maximum Gasteiger partial charge on any atom is 0.268 e. The van der Waals surface area contributed by atoms with Crippen LogP contribution < -0.4 is 5.32 Å². The normalized spacial score (nSPS) is 11.1. The number of carbonyl (C=O) groups is 1. The zero-order chi connectivity index (χ0) is 19.7. The summed E-state index contributed by atoms with van der Waals surface area (Å²) < 4.78 is 18.1. The Kier molecular flexibility index (Phi) is 5.66. The lowest BCUT2D eigenvalue weighted by Crippen LogP contribution is -2.25. The molecule has 2 heterocycles. The highest BCUT2D eigenvalue weighted by atomic mass is 79.9. The van der Waals surface area contributed by atoms with Gasteiger partial charge in [-0.3, -0.25) is 4.79 Å². The van der Waals surface area contributed by atoms with E-state index < -0.39 is 0 Å². The fourth-order valence-electron chi connectivity index (χ4n) is 3.03. The van der Waals surface area contributed by atoms with Crippen molar-refractivity contribution >= 4 is 59.3 Å². The molecule has 4 aromatic rings. The van der Waals surface area contributed by atoms with E-state index >= 15 is 0 Å². The molecule has 2 aromatic carbocycles. The molecule has 0 fully saturated rings. The van der Waals surface area contributed by atoms with E-state index in [9.17, 15) is 9.18 Å². The van der Waals surface area contributed by atoms with Gasteiger partial charge >= 0.3 is 0 Å². The smallest absolute Gasteiger partial charge is 0.268 e. The molecule has 0 unspecified atom stereocenters. The number of amides is 1. The molecule has 1 N–H and O–H groups in total. The maximum atomic E-state index is 13.1. The largest absolute Gasteiger partial charge is 0.347 e. The minimum absolute atomic E-state index is 0.156. The molecular formula is C21H15Br2FN2OS. The number of nitrogens with one attached hydrogen (secondary N) is 1. The molecule has 0 spiro atoms. The third kappa shape index (κ3) is 4.06. The number of carbonyl (C=O) groups excluding carboxylic acids is 1. The third-order valence-corrected chi connectivity index (χ3v) is 6.79. The number of thiophene rings is 1. The molecule has 7 heteroatoms. The number of hydrogen-bond acceptors (Lipinski definition) is 2. The molecular weight excluding hydrogens is 507 g/mol. The highest BCUT2D eigenvalue weighted by molar-refractivity contribution is 9.11. The number of halogens is 3. The van der Waals surface area contributed by atoms with Gasteiger partial charge < -0.3 is 9.88 Å². The van der Waals surface area contributed by atoms with Crippen LogP contribution in [0.1, 0.15) is 21.6 Å². The van der Waals surface area contributed by atoms with Crippen molar-refractivity contribution in [3.05, 3.63) is 91.6 Å². The van der Waals surface area contributed by atoms with Crippen LogP contribution in [0.3, 0.4) is 0 Å². The van der Waals surface area contributed by atoms with E-state index in [0.717, 1.165) is 30.3 Å². The Bertz CT molecular complexity index is 1130. The van der Waals surface area contributed by atoms with Crippen LogP contribution in [-0.4, -0.2) is 10.5 Å². The summed E-state index contributed by atoms with van der Waals surface area (Å²) in [6.07, 6.45) is 0. The molecule has 4 rings (SSSR count). The second-order valence-electron chi connectivity index (χ2n) is 6.35. The van der Waals surface area contributed by atoms with E-state index in [0.29, 0.717) is 18.8 Å². The van der Waals surface area contributed by atoms with E-state index in [1.807, 2.05) is 40.3 Å². The molecule has 28 heavy (non-hydrogen) atoms. The van der Waals surface area contributed by atoms with Gasteiger partial charge in [-0.15, -0.1) is 11.3 Å². The van der Waals surface area contributed by atoms with Crippen LogP contribution in [-0.2, 0) is 13.1 Å². The Balaban J connectivity index is 1.62. The van der Waals surface area contributed by atoms with Crippen molar-refractivity contribution in [3.8, 4) is 0 Å². The number of fused-ring (bicyclic) bond motifs is 1. The molecule has 0 bridgehead atoms. The van der Waals surface area contributed by atoms with E-state index in [4.69, 9.17) is 0 Å². The van der Waals surface area contributed by atoms with Gasteiger partial charge in [0.05, 0.1) is 14.7 Å². The minimum atomic E-state index is -0.288. The fourth-order valence-corrected chi connectivity index (χ4v) is 4.99. The topological polar surface area (TPSA) is 34.0 Å². The van der Waals surface area contributed by atoms with Crippen molar-refractivity contribution in [2.75, 3.05) is 0 Å². The zero-order valence-electron chi connectivity index (χ0n) is 14.6. The molecule has 1 amide bonds. The van der Waals surface area contributed by atoms with Gasteiger partial charge in [0, 0.05) is 22.9 Å². The Labute approximate surface area is 182 Å². The number of aromatic nitrogens is 1. The van der Waals surface area contributed by atoms with E-state index in [2.05, 4.69) is 37.2 Å². The molecule has 0 atom stereocenters. The first-order valence-electron chi connectivity index (χ1n) is 8.54. The SMILES string of the molecule is O=C(NCc1ccc(F)cc1)c1cc2scc(Br)c2n1Cc1ccc(Br)cc1. The first kappa shape index (κ1) is 19.4. The second kappa shape index (κ2) is 8.19. The Morgan fingerprint density at radius 3 is 2.43 bits per heavy atom. The predicted octanol–water partition coefficient (Wildman–Crippen LogP) is 6.35. The van der Waals surface area contributed by atoms with Crippen LogP contribution in [0, 0.1) is 5.82 Å². The molecule has 0 saturated heterocycles. The lowest BCUT2D eigenvalue weighted by atomic mass is 10.2. The van der Waals surface area contributed by atoms with E-state index in [1.54, 1.807) is 23.5 Å².